The van der Waals surface area contributed by atoms with E-state index in [0.717, 1.165) is 13.0 Å². The van der Waals surface area contributed by atoms with Crippen molar-refractivity contribution >= 4 is 5.91 Å². The van der Waals surface area contributed by atoms with Crippen molar-refractivity contribution in [1.29, 1.82) is 0 Å². The topological polar surface area (TPSA) is 29.1 Å². The molecule has 62 valence electrons. The number of amides is 1. The third-order valence-corrected chi connectivity index (χ3v) is 3.03. The molecule has 11 heavy (non-hydrogen) atoms. The van der Waals surface area contributed by atoms with E-state index in [0.29, 0.717) is 17.7 Å². The average Bonchev–Trinajstić information content (AvgIpc) is 2.25. The molecule has 0 aromatic carbocycles. The van der Waals surface area contributed by atoms with Crippen LogP contribution in [-0.4, -0.2) is 12.5 Å². The van der Waals surface area contributed by atoms with Crippen LogP contribution in [-0.2, 0) is 4.79 Å². The molecule has 1 saturated heterocycles. The van der Waals surface area contributed by atoms with Crippen molar-refractivity contribution in [2.75, 3.05) is 6.54 Å². The third kappa shape index (κ3) is 1.26. The summed E-state index contributed by atoms with van der Waals surface area (Å²) in [5.74, 6) is 1.36. The molecule has 1 aliphatic heterocycles. The van der Waals surface area contributed by atoms with Gasteiger partial charge in [-0.1, -0.05) is 19.3 Å². The van der Waals surface area contributed by atoms with Crippen LogP contribution in [0.15, 0.2) is 0 Å². The Labute approximate surface area is 67.4 Å². The molecule has 1 amide bonds. The third-order valence-electron chi connectivity index (χ3n) is 3.03. The van der Waals surface area contributed by atoms with Crippen molar-refractivity contribution in [2.45, 2.75) is 32.1 Å². The Hall–Kier alpha value is -0.530. The molecule has 0 radical (unpaired) electrons. The second-order valence-corrected chi connectivity index (χ2v) is 3.75. The fourth-order valence-corrected chi connectivity index (χ4v) is 2.34. The van der Waals surface area contributed by atoms with E-state index >= 15 is 0 Å². The summed E-state index contributed by atoms with van der Waals surface area (Å²) in [5, 5.41) is 2.95. The molecular formula is C9H15NO. The van der Waals surface area contributed by atoms with Crippen molar-refractivity contribution in [3.05, 3.63) is 0 Å². The maximum atomic E-state index is 11.3. The Morgan fingerprint density at radius 3 is 2.91 bits per heavy atom. The fraction of sp³-hybridized carbons (Fsp3) is 0.889. The Morgan fingerprint density at radius 2 is 2.00 bits per heavy atom. The molecule has 2 rings (SSSR count). The van der Waals surface area contributed by atoms with E-state index in [1.165, 1.54) is 25.7 Å². The van der Waals surface area contributed by atoms with Crippen LogP contribution < -0.4 is 5.32 Å². The number of carbonyl (C=O) groups excluding carboxylic acids is 1. The van der Waals surface area contributed by atoms with Crippen molar-refractivity contribution in [3.63, 3.8) is 0 Å². The van der Waals surface area contributed by atoms with Gasteiger partial charge in [-0.2, -0.15) is 0 Å². The highest BCUT2D eigenvalue weighted by Crippen LogP contribution is 2.31. The highest BCUT2D eigenvalue weighted by molar-refractivity contribution is 5.81. The SMILES string of the molecule is O=C1NC[C@H]2CCCCC[C@H]12. The molecule has 1 N–H and O–H groups in total. The lowest BCUT2D eigenvalue weighted by Crippen LogP contribution is -2.19. The van der Waals surface area contributed by atoms with Crippen molar-refractivity contribution in [3.8, 4) is 0 Å². The van der Waals surface area contributed by atoms with Gasteiger partial charge in [-0.15, -0.1) is 0 Å². The van der Waals surface area contributed by atoms with E-state index in [4.69, 9.17) is 0 Å². The highest BCUT2D eigenvalue weighted by atomic mass is 16.2. The molecular weight excluding hydrogens is 138 g/mol. The molecule has 2 nitrogen and oxygen atoms in total. The molecule has 2 heteroatoms. The van der Waals surface area contributed by atoms with Gasteiger partial charge in [0.1, 0.15) is 0 Å². The minimum Gasteiger partial charge on any atom is -0.356 e. The molecule has 0 unspecified atom stereocenters. The molecule has 2 atom stereocenters. The van der Waals surface area contributed by atoms with Gasteiger partial charge in [0, 0.05) is 12.5 Å². The monoisotopic (exact) mass is 153 g/mol. The molecule has 0 bridgehead atoms. The Kier molecular flexibility index (Phi) is 1.84. The second-order valence-electron chi connectivity index (χ2n) is 3.75. The smallest absolute Gasteiger partial charge is 0.223 e. The van der Waals surface area contributed by atoms with Crippen molar-refractivity contribution in [1.82, 2.24) is 5.32 Å². The zero-order chi connectivity index (χ0) is 7.68. The van der Waals surface area contributed by atoms with Crippen LogP contribution >= 0.6 is 0 Å². The number of nitrogens with one attached hydrogen (secondary N) is 1. The Balaban J connectivity index is 2.06. The number of hydrogen-bond acceptors (Lipinski definition) is 1. The van der Waals surface area contributed by atoms with E-state index in [-0.39, 0.29) is 0 Å². The van der Waals surface area contributed by atoms with Gasteiger partial charge in [0.25, 0.3) is 0 Å². The summed E-state index contributed by atoms with van der Waals surface area (Å²) >= 11 is 0. The van der Waals surface area contributed by atoms with Gasteiger partial charge < -0.3 is 5.32 Å². The molecule has 1 heterocycles. The minimum absolute atomic E-state index is 0.317. The van der Waals surface area contributed by atoms with Gasteiger partial charge in [-0.3, -0.25) is 4.79 Å². The maximum absolute atomic E-state index is 11.3. The summed E-state index contributed by atoms with van der Waals surface area (Å²) < 4.78 is 0. The van der Waals surface area contributed by atoms with Crippen molar-refractivity contribution in [2.24, 2.45) is 11.8 Å². The molecule has 1 saturated carbocycles. The first-order chi connectivity index (χ1) is 5.38. The lowest BCUT2D eigenvalue weighted by Gasteiger charge is -2.10. The molecule has 0 aromatic heterocycles. The number of carbonyl (C=O) groups is 1. The van der Waals surface area contributed by atoms with Gasteiger partial charge in [-0.05, 0) is 18.8 Å². The molecule has 0 spiro atoms. The largest absolute Gasteiger partial charge is 0.356 e. The normalized spacial score (nSPS) is 37.6. The zero-order valence-electron chi connectivity index (χ0n) is 6.81. The van der Waals surface area contributed by atoms with E-state index in [1.807, 2.05) is 0 Å². The summed E-state index contributed by atoms with van der Waals surface area (Å²) in [4.78, 5) is 11.3. The fourth-order valence-electron chi connectivity index (χ4n) is 2.34. The summed E-state index contributed by atoms with van der Waals surface area (Å²) in [6.45, 7) is 0.948. The van der Waals surface area contributed by atoms with Crippen LogP contribution in [0.5, 0.6) is 0 Å². The molecule has 1 aliphatic carbocycles. The number of hydrogen-bond donors (Lipinski definition) is 1. The van der Waals surface area contributed by atoms with Crippen LogP contribution in [0.1, 0.15) is 32.1 Å². The summed E-state index contributed by atoms with van der Waals surface area (Å²) in [7, 11) is 0. The lowest BCUT2D eigenvalue weighted by atomic mass is 9.91. The number of fused-ring (bicyclic) bond motifs is 1. The zero-order valence-corrected chi connectivity index (χ0v) is 6.81. The van der Waals surface area contributed by atoms with Gasteiger partial charge in [-0.25, -0.2) is 0 Å². The Morgan fingerprint density at radius 1 is 1.18 bits per heavy atom. The van der Waals surface area contributed by atoms with E-state index in [1.54, 1.807) is 0 Å². The van der Waals surface area contributed by atoms with Gasteiger partial charge in [0.15, 0.2) is 0 Å². The van der Waals surface area contributed by atoms with Gasteiger partial charge >= 0.3 is 0 Å². The quantitative estimate of drug-likeness (QED) is 0.558. The maximum Gasteiger partial charge on any atom is 0.223 e. The predicted octanol–water partition coefficient (Wildman–Crippen LogP) is 1.31. The Bertz CT molecular complexity index is 167. The summed E-state index contributed by atoms with van der Waals surface area (Å²) in [6.07, 6.45) is 6.32. The van der Waals surface area contributed by atoms with Crippen LogP contribution in [0.2, 0.25) is 0 Å². The summed E-state index contributed by atoms with van der Waals surface area (Å²) in [5.41, 5.74) is 0. The van der Waals surface area contributed by atoms with Crippen LogP contribution in [0.4, 0.5) is 0 Å². The lowest BCUT2D eigenvalue weighted by molar-refractivity contribution is -0.123. The second kappa shape index (κ2) is 2.84. The van der Waals surface area contributed by atoms with Gasteiger partial charge in [0.05, 0.1) is 0 Å². The van der Waals surface area contributed by atoms with Crippen molar-refractivity contribution < 1.29 is 4.79 Å². The molecule has 0 aromatic rings. The van der Waals surface area contributed by atoms with Gasteiger partial charge in [0.2, 0.25) is 5.91 Å². The van der Waals surface area contributed by atoms with Crippen LogP contribution in [0.25, 0.3) is 0 Å². The predicted molar refractivity (Wildman–Crippen MR) is 43.1 cm³/mol. The van der Waals surface area contributed by atoms with E-state index in [2.05, 4.69) is 5.32 Å². The molecule has 2 fully saturated rings. The average molecular weight is 153 g/mol. The first-order valence-corrected chi connectivity index (χ1v) is 4.65. The number of rotatable bonds is 0. The molecule has 2 aliphatic rings. The van der Waals surface area contributed by atoms with Crippen LogP contribution in [0.3, 0.4) is 0 Å². The standard InChI is InChI=1S/C9H15NO/c11-9-8-5-3-1-2-4-7(8)6-10-9/h7-8H,1-6H2,(H,10,11)/t7-,8+/m1/s1. The minimum atomic E-state index is 0.317. The highest BCUT2D eigenvalue weighted by Gasteiger charge is 2.34. The van der Waals surface area contributed by atoms with E-state index < -0.39 is 0 Å². The van der Waals surface area contributed by atoms with E-state index in [9.17, 15) is 4.79 Å². The first kappa shape index (κ1) is 7.14. The summed E-state index contributed by atoms with van der Waals surface area (Å²) in [6, 6.07) is 0. The van der Waals surface area contributed by atoms with Crippen LogP contribution in [0, 0.1) is 11.8 Å². The first-order valence-electron chi connectivity index (χ1n) is 4.65.